The average molecular weight is 272 g/mol. The van der Waals surface area contributed by atoms with Gasteiger partial charge in [0.05, 0.1) is 20.3 Å². The van der Waals surface area contributed by atoms with Crippen LogP contribution < -0.4 is 5.32 Å². The lowest BCUT2D eigenvalue weighted by molar-refractivity contribution is -0.937. The predicted octanol–water partition coefficient (Wildman–Crippen LogP) is 2.15. The molecule has 3 nitrogen and oxygen atoms in total. The summed E-state index contributed by atoms with van der Waals surface area (Å²) in [4.78, 5) is 2.66. The molecule has 4 heteroatoms. The molecule has 3 atom stereocenters. The van der Waals surface area contributed by atoms with Crippen molar-refractivity contribution in [3.05, 3.63) is 0 Å². The van der Waals surface area contributed by atoms with Crippen LogP contribution in [0.2, 0.25) is 0 Å². The Hall–Kier alpha value is 0.230. The summed E-state index contributed by atoms with van der Waals surface area (Å²) in [7, 11) is 4.78. The maximum absolute atomic E-state index is 3.93. The van der Waals surface area contributed by atoms with Crippen molar-refractivity contribution in [2.75, 3.05) is 33.4 Å². The lowest BCUT2D eigenvalue weighted by Crippen LogP contribution is -2.71. The van der Waals surface area contributed by atoms with E-state index in [1.165, 1.54) is 32.4 Å². The van der Waals surface area contributed by atoms with Gasteiger partial charge in [-0.25, -0.2) is 0 Å². The Labute approximate surface area is 117 Å². The van der Waals surface area contributed by atoms with Gasteiger partial charge in [-0.15, -0.1) is 11.8 Å². The number of rotatable bonds is 3. The molecule has 1 N–H and O–H groups in total. The van der Waals surface area contributed by atoms with Crippen molar-refractivity contribution in [3.63, 3.8) is 0 Å². The first-order chi connectivity index (χ1) is 8.46. The van der Waals surface area contributed by atoms with Crippen LogP contribution in [-0.4, -0.2) is 60.5 Å². The van der Waals surface area contributed by atoms with Crippen molar-refractivity contribution in [2.24, 2.45) is 5.92 Å². The minimum absolute atomic E-state index is 0.571. The minimum Gasteiger partial charge on any atom is -0.302 e. The van der Waals surface area contributed by atoms with Crippen LogP contribution in [0.3, 0.4) is 0 Å². The Morgan fingerprint density at radius 2 is 1.83 bits per heavy atom. The van der Waals surface area contributed by atoms with Crippen molar-refractivity contribution in [1.82, 2.24) is 10.2 Å². The van der Waals surface area contributed by atoms with E-state index in [1.54, 1.807) is 0 Å². The molecule has 2 heterocycles. The van der Waals surface area contributed by atoms with Crippen molar-refractivity contribution in [2.45, 2.75) is 50.8 Å². The molecule has 0 bridgehead atoms. The van der Waals surface area contributed by atoms with Gasteiger partial charge in [0, 0.05) is 12.3 Å². The second kappa shape index (κ2) is 5.70. The molecule has 106 valence electrons. The summed E-state index contributed by atoms with van der Waals surface area (Å²) in [6, 6.07) is 0. The molecular weight excluding hydrogens is 242 g/mol. The lowest BCUT2D eigenvalue weighted by Gasteiger charge is -2.52. The van der Waals surface area contributed by atoms with Crippen LogP contribution in [0, 0.1) is 5.92 Å². The number of hydrogen-bond acceptors (Lipinski definition) is 3. The molecule has 2 aliphatic heterocycles. The van der Waals surface area contributed by atoms with E-state index in [0.29, 0.717) is 23.6 Å². The van der Waals surface area contributed by atoms with E-state index in [0.717, 1.165) is 4.48 Å². The SMILES string of the molecule is CSC1CC(N2CCCC2)NC(C(C)C)[N+]1(C)C. The van der Waals surface area contributed by atoms with Crippen molar-refractivity contribution < 1.29 is 4.48 Å². The van der Waals surface area contributed by atoms with E-state index in [1.807, 2.05) is 11.8 Å². The zero-order valence-corrected chi connectivity index (χ0v) is 13.5. The first kappa shape index (κ1) is 14.6. The van der Waals surface area contributed by atoms with Gasteiger partial charge >= 0.3 is 0 Å². The second-order valence-electron chi connectivity index (χ2n) is 6.67. The summed E-state index contributed by atoms with van der Waals surface area (Å²) in [6.07, 6.45) is 7.48. The summed E-state index contributed by atoms with van der Waals surface area (Å²) >= 11 is 2.04. The second-order valence-corrected chi connectivity index (χ2v) is 7.69. The number of thioether (sulfide) groups is 1. The van der Waals surface area contributed by atoms with E-state index in [9.17, 15) is 0 Å². The smallest absolute Gasteiger partial charge is 0.146 e. The van der Waals surface area contributed by atoms with Gasteiger partial charge < -0.3 is 4.48 Å². The van der Waals surface area contributed by atoms with Gasteiger partial charge in [0.1, 0.15) is 11.5 Å². The van der Waals surface area contributed by atoms with E-state index < -0.39 is 0 Å². The third kappa shape index (κ3) is 2.72. The maximum atomic E-state index is 3.93. The van der Waals surface area contributed by atoms with Gasteiger partial charge in [-0.3, -0.25) is 10.2 Å². The van der Waals surface area contributed by atoms with Crippen LogP contribution in [-0.2, 0) is 0 Å². The van der Waals surface area contributed by atoms with Crippen molar-refractivity contribution >= 4 is 11.8 Å². The molecule has 2 aliphatic rings. The molecule has 0 amide bonds. The van der Waals surface area contributed by atoms with Crippen LogP contribution in [0.1, 0.15) is 33.1 Å². The molecule has 0 aromatic rings. The largest absolute Gasteiger partial charge is 0.302 e. The topological polar surface area (TPSA) is 15.3 Å². The third-order valence-electron chi connectivity index (χ3n) is 4.73. The third-order valence-corrected chi connectivity index (χ3v) is 6.01. The normalized spacial score (nSPS) is 37.3. The molecule has 3 unspecified atom stereocenters. The summed E-state index contributed by atoms with van der Waals surface area (Å²) in [5.41, 5.74) is 0. The number of likely N-dealkylation sites (tertiary alicyclic amines) is 1. The molecule has 2 saturated heterocycles. The van der Waals surface area contributed by atoms with Gasteiger partial charge in [-0.05, 0) is 32.2 Å². The van der Waals surface area contributed by atoms with E-state index in [-0.39, 0.29) is 0 Å². The average Bonchev–Trinajstić information content (AvgIpc) is 2.81. The molecule has 2 fully saturated rings. The summed E-state index contributed by atoms with van der Waals surface area (Å²) in [5, 5.41) is 4.65. The van der Waals surface area contributed by atoms with E-state index in [2.05, 4.69) is 44.4 Å². The zero-order valence-electron chi connectivity index (χ0n) is 12.6. The molecule has 0 aromatic heterocycles. The van der Waals surface area contributed by atoms with E-state index >= 15 is 0 Å². The molecule has 2 rings (SSSR count). The number of quaternary nitrogens is 1. The monoisotopic (exact) mass is 272 g/mol. The first-order valence-corrected chi connectivity index (χ1v) is 8.62. The van der Waals surface area contributed by atoms with Gasteiger partial charge in [-0.2, -0.15) is 0 Å². The van der Waals surface area contributed by atoms with Crippen LogP contribution in [0.5, 0.6) is 0 Å². The van der Waals surface area contributed by atoms with Gasteiger partial charge in [0.15, 0.2) is 0 Å². The zero-order chi connectivity index (χ0) is 13.3. The lowest BCUT2D eigenvalue weighted by atomic mass is 10.0. The standard InChI is InChI=1S/C14H30N3S/c1-11(2)14-15-12(16-8-6-7-9-16)10-13(18-5)17(14,3)4/h11-15H,6-10H2,1-5H3/q+1. The first-order valence-electron chi connectivity index (χ1n) is 7.33. The molecule has 0 spiro atoms. The summed E-state index contributed by atoms with van der Waals surface area (Å²) in [5.74, 6) is 0.681. The fraction of sp³-hybridized carbons (Fsp3) is 1.00. The molecule has 0 radical (unpaired) electrons. The Morgan fingerprint density at radius 1 is 1.22 bits per heavy atom. The molecular formula is C14H30N3S+. The van der Waals surface area contributed by atoms with Crippen LogP contribution in [0.4, 0.5) is 0 Å². The maximum Gasteiger partial charge on any atom is 0.146 e. The van der Waals surface area contributed by atoms with Gasteiger partial charge in [0.25, 0.3) is 0 Å². The van der Waals surface area contributed by atoms with Crippen molar-refractivity contribution in [1.29, 1.82) is 0 Å². The Bertz CT molecular complexity index is 274. The Morgan fingerprint density at radius 3 is 2.33 bits per heavy atom. The van der Waals surface area contributed by atoms with Crippen LogP contribution >= 0.6 is 11.8 Å². The summed E-state index contributed by atoms with van der Waals surface area (Å²) < 4.78 is 1.10. The molecule has 0 aromatic carbocycles. The summed E-state index contributed by atoms with van der Waals surface area (Å²) in [6.45, 7) is 7.27. The molecule has 0 saturated carbocycles. The fourth-order valence-corrected chi connectivity index (χ4v) is 4.78. The Balaban J connectivity index is 2.13. The fourth-order valence-electron chi connectivity index (χ4n) is 3.74. The molecule has 18 heavy (non-hydrogen) atoms. The quantitative estimate of drug-likeness (QED) is 0.793. The highest BCUT2D eigenvalue weighted by Gasteiger charge is 2.46. The van der Waals surface area contributed by atoms with Crippen LogP contribution in [0.15, 0.2) is 0 Å². The highest BCUT2D eigenvalue weighted by molar-refractivity contribution is 7.99. The highest BCUT2D eigenvalue weighted by Crippen LogP contribution is 2.33. The van der Waals surface area contributed by atoms with E-state index in [4.69, 9.17) is 0 Å². The van der Waals surface area contributed by atoms with Gasteiger partial charge in [0.2, 0.25) is 0 Å². The molecule has 0 aliphatic carbocycles. The minimum atomic E-state index is 0.571. The van der Waals surface area contributed by atoms with Gasteiger partial charge in [-0.1, -0.05) is 13.8 Å². The number of hydrogen-bond donors (Lipinski definition) is 1. The Kier molecular flexibility index (Phi) is 4.63. The predicted molar refractivity (Wildman–Crippen MR) is 80.4 cm³/mol. The van der Waals surface area contributed by atoms with Crippen LogP contribution in [0.25, 0.3) is 0 Å². The van der Waals surface area contributed by atoms with Crippen molar-refractivity contribution in [3.8, 4) is 0 Å². The number of nitrogens with one attached hydrogen (secondary N) is 1. The highest BCUT2D eigenvalue weighted by atomic mass is 32.2. The number of nitrogens with zero attached hydrogens (tertiary/aromatic N) is 2.